The molecule has 0 spiro atoms. The van der Waals surface area contributed by atoms with Crippen LogP contribution in [0, 0.1) is 0 Å². The lowest BCUT2D eigenvalue weighted by Gasteiger charge is -2.17. The van der Waals surface area contributed by atoms with Crippen molar-refractivity contribution in [3.8, 4) is 0 Å². The van der Waals surface area contributed by atoms with Crippen LogP contribution in [0.5, 0.6) is 0 Å². The van der Waals surface area contributed by atoms with Gasteiger partial charge in [0, 0.05) is 31.9 Å². The zero-order chi connectivity index (χ0) is 16.3. The number of esters is 2. The zero-order valence-corrected chi connectivity index (χ0v) is 13.0. The predicted octanol–water partition coefficient (Wildman–Crippen LogP) is -1.35. The number of hydrogen-bond acceptors (Lipinski definition) is 8. The van der Waals surface area contributed by atoms with Crippen LogP contribution in [-0.4, -0.2) is 66.4 Å². The van der Waals surface area contributed by atoms with Gasteiger partial charge in [-0.1, -0.05) is 0 Å². The van der Waals surface area contributed by atoms with Crippen molar-refractivity contribution in [1.82, 2.24) is 5.32 Å². The van der Waals surface area contributed by atoms with Gasteiger partial charge in [-0.05, 0) is 0 Å². The molecule has 0 radical (unpaired) electrons. The van der Waals surface area contributed by atoms with Crippen molar-refractivity contribution in [2.75, 3.05) is 31.3 Å². The van der Waals surface area contributed by atoms with Crippen LogP contribution in [0.4, 0.5) is 0 Å². The van der Waals surface area contributed by atoms with E-state index in [1.165, 1.54) is 25.6 Å². The highest BCUT2D eigenvalue weighted by Gasteiger charge is 2.17. The standard InChI is InChI=1S/C12H22N2O6S/c1-8(16)19-5-10(20-9(2)17)6-21-7-11(13)12(18)14-3-4-15/h10-11,15H,3-7,13H2,1-2H3,(H,14,18). The largest absolute Gasteiger partial charge is 0.462 e. The van der Waals surface area contributed by atoms with E-state index in [-0.39, 0.29) is 25.7 Å². The summed E-state index contributed by atoms with van der Waals surface area (Å²) in [6, 6.07) is -0.728. The number of ether oxygens (including phenoxy) is 2. The highest BCUT2D eigenvalue weighted by Crippen LogP contribution is 2.08. The SMILES string of the molecule is CC(=O)OCC(CSCC(N)C(=O)NCCO)OC(C)=O. The molecule has 0 saturated carbocycles. The number of amides is 1. The van der Waals surface area contributed by atoms with Crippen LogP contribution in [0.25, 0.3) is 0 Å². The maximum Gasteiger partial charge on any atom is 0.303 e. The molecule has 0 aliphatic rings. The van der Waals surface area contributed by atoms with Crippen molar-refractivity contribution in [3.63, 3.8) is 0 Å². The Labute approximate surface area is 127 Å². The van der Waals surface area contributed by atoms with E-state index in [0.29, 0.717) is 11.5 Å². The van der Waals surface area contributed by atoms with Gasteiger partial charge in [-0.3, -0.25) is 14.4 Å². The van der Waals surface area contributed by atoms with Crippen molar-refractivity contribution >= 4 is 29.6 Å². The molecular weight excluding hydrogens is 300 g/mol. The van der Waals surface area contributed by atoms with E-state index in [2.05, 4.69) is 5.32 Å². The summed E-state index contributed by atoms with van der Waals surface area (Å²) in [7, 11) is 0. The van der Waals surface area contributed by atoms with Crippen molar-refractivity contribution in [3.05, 3.63) is 0 Å². The number of aliphatic hydroxyl groups is 1. The normalized spacial score (nSPS) is 13.1. The predicted molar refractivity (Wildman–Crippen MR) is 77.6 cm³/mol. The van der Waals surface area contributed by atoms with Gasteiger partial charge in [0.25, 0.3) is 0 Å². The topological polar surface area (TPSA) is 128 Å². The molecular formula is C12H22N2O6S. The van der Waals surface area contributed by atoms with Crippen molar-refractivity contribution < 1.29 is 29.0 Å². The van der Waals surface area contributed by atoms with E-state index in [9.17, 15) is 14.4 Å². The van der Waals surface area contributed by atoms with Gasteiger partial charge in [0.2, 0.25) is 5.91 Å². The fraction of sp³-hybridized carbons (Fsp3) is 0.750. The van der Waals surface area contributed by atoms with E-state index < -0.39 is 24.1 Å². The van der Waals surface area contributed by atoms with Crippen LogP contribution >= 0.6 is 11.8 Å². The minimum Gasteiger partial charge on any atom is -0.462 e. The van der Waals surface area contributed by atoms with Crippen LogP contribution in [0.15, 0.2) is 0 Å². The molecule has 122 valence electrons. The van der Waals surface area contributed by atoms with Crippen LogP contribution in [0.3, 0.4) is 0 Å². The zero-order valence-electron chi connectivity index (χ0n) is 12.2. The Kier molecular flexibility index (Phi) is 10.6. The summed E-state index contributed by atoms with van der Waals surface area (Å²) in [4.78, 5) is 33.1. The molecule has 9 heteroatoms. The molecule has 0 saturated heterocycles. The first-order chi connectivity index (χ1) is 9.86. The highest BCUT2D eigenvalue weighted by molar-refractivity contribution is 7.99. The Morgan fingerprint density at radius 1 is 1.24 bits per heavy atom. The minimum absolute atomic E-state index is 0.0339. The molecule has 21 heavy (non-hydrogen) atoms. The number of nitrogens with one attached hydrogen (secondary N) is 1. The van der Waals surface area contributed by atoms with Gasteiger partial charge >= 0.3 is 11.9 Å². The molecule has 0 fully saturated rings. The van der Waals surface area contributed by atoms with E-state index >= 15 is 0 Å². The van der Waals surface area contributed by atoms with E-state index in [4.69, 9.17) is 20.3 Å². The summed E-state index contributed by atoms with van der Waals surface area (Å²) in [5.74, 6) is -0.626. The van der Waals surface area contributed by atoms with Crippen molar-refractivity contribution in [2.45, 2.75) is 26.0 Å². The number of thioether (sulfide) groups is 1. The summed E-state index contributed by atoms with van der Waals surface area (Å²) >= 11 is 1.31. The van der Waals surface area contributed by atoms with Gasteiger partial charge in [0.15, 0.2) is 0 Å². The molecule has 2 atom stereocenters. The third kappa shape index (κ3) is 11.1. The number of rotatable bonds is 10. The van der Waals surface area contributed by atoms with Gasteiger partial charge in [-0.2, -0.15) is 11.8 Å². The first-order valence-electron chi connectivity index (χ1n) is 6.39. The second kappa shape index (κ2) is 11.4. The molecule has 0 heterocycles. The number of nitrogens with two attached hydrogens (primary N) is 1. The maximum atomic E-state index is 11.5. The maximum absolute atomic E-state index is 11.5. The van der Waals surface area contributed by atoms with Gasteiger partial charge in [0.1, 0.15) is 12.7 Å². The first-order valence-corrected chi connectivity index (χ1v) is 7.54. The molecule has 4 N–H and O–H groups in total. The van der Waals surface area contributed by atoms with Crippen molar-refractivity contribution in [1.29, 1.82) is 0 Å². The summed E-state index contributed by atoms with van der Waals surface area (Å²) < 4.78 is 9.79. The van der Waals surface area contributed by atoms with Crippen LogP contribution in [0.1, 0.15) is 13.8 Å². The average Bonchev–Trinajstić information content (AvgIpc) is 2.40. The summed E-state index contributed by atoms with van der Waals surface area (Å²) in [5, 5.41) is 11.0. The number of aliphatic hydroxyl groups excluding tert-OH is 1. The Hall–Kier alpha value is -1.32. The lowest BCUT2D eigenvalue weighted by molar-refractivity contribution is -0.154. The quantitative estimate of drug-likeness (QED) is 0.421. The summed E-state index contributed by atoms with van der Waals surface area (Å²) in [6.45, 7) is 2.50. The Morgan fingerprint density at radius 3 is 2.43 bits per heavy atom. The molecule has 0 aromatic heterocycles. The second-order valence-electron chi connectivity index (χ2n) is 4.19. The molecule has 2 unspecified atom stereocenters. The van der Waals surface area contributed by atoms with Gasteiger partial charge in [0.05, 0.1) is 12.6 Å². The van der Waals surface area contributed by atoms with Gasteiger partial charge in [-0.25, -0.2) is 0 Å². The fourth-order valence-electron chi connectivity index (χ4n) is 1.27. The van der Waals surface area contributed by atoms with E-state index in [1.807, 2.05) is 0 Å². The number of hydrogen-bond donors (Lipinski definition) is 3. The highest BCUT2D eigenvalue weighted by atomic mass is 32.2. The molecule has 0 aliphatic carbocycles. The first kappa shape index (κ1) is 19.7. The lowest BCUT2D eigenvalue weighted by Crippen LogP contribution is -2.43. The van der Waals surface area contributed by atoms with Crippen LogP contribution < -0.4 is 11.1 Å². The van der Waals surface area contributed by atoms with E-state index in [0.717, 1.165) is 0 Å². The van der Waals surface area contributed by atoms with E-state index in [1.54, 1.807) is 0 Å². The van der Waals surface area contributed by atoms with Crippen molar-refractivity contribution in [2.24, 2.45) is 5.73 Å². The average molecular weight is 322 g/mol. The summed E-state index contributed by atoms with van der Waals surface area (Å²) in [6.07, 6.45) is -0.580. The van der Waals surface area contributed by atoms with Gasteiger partial charge < -0.3 is 25.6 Å². The molecule has 1 amide bonds. The number of carbonyl (C=O) groups is 3. The smallest absolute Gasteiger partial charge is 0.303 e. The fourth-order valence-corrected chi connectivity index (χ4v) is 2.24. The van der Waals surface area contributed by atoms with Crippen LogP contribution in [-0.2, 0) is 23.9 Å². The second-order valence-corrected chi connectivity index (χ2v) is 5.27. The molecule has 0 rings (SSSR count). The Bertz CT molecular complexity index is 353. The molecule has 8 nitrogen and oxygen atoms in total. The monoisotopic (exact) mass is 322 g/mol. The molecule has 0 aliphatic heterocycles. The lowest BCUT2D eigenvalue weighted by atomic mass is 10.3. The minimum atomic E-state index is -0.728. The van der Waals surface area contributed by atoms with Crippen LogP contribution in [0.2, 0.25) is 0 Å². The molecule has 0 aromatic carbocycles. The molecule has 0 bridgehead atoms. The Balaban J connectivity index is 4.07. The third-order valence-electron chi connectivity index (χ3n) is 2.15. The molecule has 0 aromatic rings. The summed E-state index contributed by atoms with van der Waals surface area (Å²) in [5.41, 5.74) is 5.66. The third-order valence-corrected chi connectivity index (χ3v) is 3.36. The Morgan fingerprint density at radius 2 is 1.90 bits per heavy atom. The number of carbonyl (C=O) groups excluding carboxylic acids is 3. The van der Waals surface area contributed by atoms with Gasteiger partial charge in [-0.15, -0.1) is 0 Å².